The van der Waals surface area contributed by atoms with Gasteiger partial charge >= 0.3 is 5.78 Å². The number of imidazole rings is 2. The number of phenolic OH excluding ortho intramolecular Hbond substituents is 1. The Morgan fingerprint density at radius 2 is 1.85 bits per heavy atom. The quantitative estimate of drug-likeness (QED) is 0.473. The van der Waals surface area contributed by atoms with Gasteiger partial charge in [-0.1, -0.05) is 12.1 Å². The van der Waals surface area contributed by atoms with Gasteiger partial charge in [0.2, 0.25) is 0 Å². The molecule has 3 N–H and O–H groups in total. The number of phenols is 1. The third-order valence-corrected chi connectivity index (χ3v) is 5.49. The van der Waals surface area contributed by atoms with E-state index in [2.05, 4.69) is 44.4 Å². The third-order valence-electron chi connectivity index (χ3n) is 5.49. The molecule has 1 saturated heterocycles. The first kappa shape index (κ1) is 16.4. The minimum absolute atomic E-state index is 0.283. The summed E-state index contributed by atoms with van der Waals surface area (Å²) in [6, 6.07) is 15.8. The van der Waals surface area contributed by atoms with Crippen LogP contribution in [0.1, 0.15) is 0 Å². The molecule has 1 aliphatic rings. The molecule has 138 valence electrons. The van der Waals surface area contributed by atoms with Crippen molar-refractivity contribution in [3.8, 4) is 17.0 Å². The number of aromatic hydroxyl groups is 1. The van der Waals surface area contributed by atoms with E-state index >= 15 is 0 Å². The number of para-hydroxylation sites is 2. The van der Waals surface area contributed by atoms with Gasteiger partial charge in [0.15, 0.2) is 0 Å². The number of nitrogens with one attached hydrogen (secondary N) is 2. The van der Waals surface area contributed by atoms with Crippen LogP contribution in [-0.4, -0.2) is 47.3 Å². The Morgan fingerprint density at radius 1 is 1.07 bits per heavy atom. The van der Waals surface area contributed by atoms with Crippen LogP contribution in [0.5, 0.6) is 5.75 Å². The number of nitrogens with zero attached hydrogens (tertiary/aromatic N) is 2. The molecule has 1 aliphatic heterocycles. The summed E-state index contributed by atoms with van der Waals surface area (Å²) in [5, 5.41) is 9.55. The highest BCUT2D eigenvalue weighted by Gasteiger charge is 2.23. The lowest BCUT2D eigenvalue weighted by atomic mass is 10.2. The molecule has 3 heterocycles. The summed E-state index contributed by atoms with van der Waals surface area (Å²) in [5.41, 5.74) is 4.55. The second-order valence-electron chi connectivity index (χ2n) is 7.16. The average molecular weight is 364 g/mol. The van der Waals surface area contributed by atoms with Gasteiger partial charge in [-0.2, -0.15) is 4.40 Å². The summed E-state index contributed by atoms with van der Waals surface area (Å²) in [6.45, 7) is 5.93. The molecular weight excluding hydrogens is 340 g/mol. The van der Waals surface area contributed by atoms with Crippen molar-refractivity contribution in [2.24, 2.45) is 0 Å². The number of fused-ring (bicyclic) bond motifs is 3. The van der Waals surface area contributed by atoms with Crippen LogP contribution in [0.2, 0.25) is 0 Å². The maximum Gasteiger partial charge on any atom is 0.368 e. The van der Waals surface area contributed by atoms with Crippen LogP contribution in [0.4, 0.5) is 0 Å². The molecule has 6 nitrogen and oxygen atoms in total. The van der Waals surface area contributed by atoms with Crippen molar-refractivity contribution in [3.05, 3.63) is 54.7 Å². The molecule has 2 aromatic carbocycles. The van der Waals surface area contributed by atoms with Crippen molar-refractivity contribution >= 4 is 16.8 Å². The topological polar surface area (TPSA) is 58.0 Å². The molecule has 1 fully saturated rings. The first-order valence-electron chi connectivity index (χ1n) is 9.52. The molecule has 5 rings (SSSR count). The molecule has 0 saturated carbocycles. The Hall–Kier alpha value is -2.83. The number of aromatic amines is 1. The van der Waals surface area contributed by atoms with E-state index in [1.165, 1.54) is 11.0 Å². The SMILES string of the molecule is Oc1ccc(-c2cn3c4ccccc4[n+](CC[NH+]4CCOCC4)c3[nH]2)cc1. The summed E-state index contributed by atoms with van der Waals surface area (Å²) in [4.78, 5) is 5.19. The molecule has 27 heavy (non-hydrogen) atoms. The Kier molecular flexibility index (Phi) is 4.07. The summed E-state index contributed by atoms with van der Waals surface area (Å²) in [5.74, 6) is 1.37. The zero-order valence-corrected chi connectivity index (χ0v) is 15.2. The number of H-pyrrole nitrogens is 1. The highest BCUT2D eigenvalue weighted by Crippen LogP contribution is 2.23. The van der Waals surface area contributed by atoms with E-state index in [1.54, 1.807) is 17.0 Å². The van der Waals surface area contributed by atoms with Crippen LogP contribution in [0.15, 0.2) is 54.7 Å². The third kappa shape index (κ3) is 2.97. The molecule has 6 heteroatoms. The zero-order chi connectivity index (χ0) is 18.2. The maximum absolute atomic E-state index is 9.55. The molecular formula is C21H24N4O2+2. The van der Waals surface area contributed by atoms with Crippen LogP contribution >= 0.6 is 0 Å². The largest absolute Gasteiger partial charge is 0.508 e. The van der Waals surface area contributed by atoms with E-state index in [4.69, 9.17) is 4.74 Å². The predicted molar refractivity (Wildman–Crippen MR) is 103 cm³/mol. The van der Waals surface area contributed by atoms with Crippen LogP contribution in [0.25, 0.3) is 28.1 Å². The van der Waals surface area contributed by atoms with Crippen LogP contribution < -0.4 is 9.47 Å². The molecule has 0 radical (unpaired) electrons. The summed E-state index contributed by atoms with van der Waals surface area (Å²) in [7, 11) is 0. The van der Waals surface area contributed by atoms with E-state index in [9.17, 15) is 5.11 Å². The van der Waals surface area contributed by atoms with Crippen molar-refractivity contribution in [2.75, 3.05) is 32.8 Å². The van der Waals surface area contributed by atoms with Crippen LogP contribution in [0, 0.1) is 0 Å². The number of ether oxygens (including phenoxy) is 1. The van der Waals surface area contributed by atoms with E-state index in [-0.39, 0.29) is 5.75 Å². The van der Waals surface area contributed by atoms with Gasteiger partial charge in [-0.05, 0) is 36.4 Å². The number of benzene rings is 2. The van der Waals surface area contributed by atoms with E-state index in [1.807, 2.05) is 12.1 Å². The molecule has 0 bridgehead atoms. The highest BCUT2D eigenvalue weighted by atomic mass is 16.5. The second kappa shape index (κ2) is 6.72. The van der Waals surface area contributed by atoms with Crippen molar-refractivity contribution in [1.29, 1.82) is 0 Å². The fourth-order valence-electron chi connectivity index (χ4n) is 3.99. The van der Waals surface area contributed by atoms with Crippen molar-refractivity contribution < 1.29 is 19.3 Å². The van der Waals surface area contributed by atoms with E-state index in [0.717, 1.165) is 56.4 Å². The summed E-state index contributed by atoms with van der Waals surface area (Å²) in [6.07, 6.45) is 2.14. The van der Waals surface area contributed by atoms with E-state index < -0.39 is 0 Å². The number of rotatable bonds is 4. The minimum atomic E-state index is 0.283. The van der Waals surface area contributed by atoms with Gasteiger partial charge in [0.25, 0.3) is 0 Å². The Balaban J connectivity index is 1.55. The van der Waals surface area contributed by atoms with Gasteiger partial charge in [-0.15, -0.1) is 0 Å². The smallest absolute Gasteiger partial charge is 0.368 e. The van der Waals surface area contributed by atoms with Crippen molar-refractivity contribution in [3.63, 3.8) is 0 Å². The van der Waals surface area contributed by atoms with Gasteiger partial charge in [0.05, 0.1) is 13.2 Å². The molecule has 0 atom stereocenters. The number of aromatic nitrogens is 3. The second-order valence-corrected chi connectivity index (χ2v) is 7.16. The lowest BCUT2D eigenvalue weighted by Gasteiger charge is -2.23. The summed E-state index contributed by atoms with van der Waals surface area (Å²) < 4.78 is 10.1. The molecule has 0 spiro atoms. The lowest BCUT2D eigenvalue weighted by molar-refractivity contribution is -0.923. The molecule has 0 amide bonds. The standard InChI is InChI=1S/C21H22N4O2/c26-17-7-5-16(6-8-17)18-15-25-20-4-2-1-3-19(20)24(21(25)22-18)10-9-23-11-13-27-14-12-23/h1-8,15,26H,9-14H2/p+2. The molecule has 2 aromatic heterocycles. The van der Waals surface area contributed by atoms with Crippen molar-refractivity contribution in [1.82, 2.24) is 9.38 Å². The first-order valence-corrected chi connectivity index (χ1v) is 9.52. The normalized spacial score (nSPS) is 15.7. The number of morpholine rings is 1. The number of quaternary nitrogens is 1. The Morgan fingerprint density at radius 3 is 2.67 bits per heavy atom. The minimum Gasteiger partial charge on any atom is -0.508 e. The van der Waals surface area contributed by atoms with Gasteiger partial charge in [-0.25, -0.2) is 9.55 Å². The van der Waals surface area contributed by atoms with E-state index in [0.29, 0.717) is 0 Å². The molecule has 4 aromatic rings. The predicted octanol–water partition coefficient (Wildman–Crippen LogP) is 0.996. The number of hydrogen-bond acceptors (Lipinski definition) is 2. The highest BCUT2D eigenvalue weighted by molar-refractivity contribution is 5.76. The monoisotopic (exact) mass is 364 g/mol. The Bertz CT molecular complexity index is 1070. The lowest BCUT2D eigenvalue weighted by Crippen LogP contribution is -3.14. The molecule has 0 aliphatic carbocycles. The van der Waals surface area contributed by atoms with Gasteiger partial charge in [0, 0.05) is 5.56 Å². The van der Waals surface area contributed by atoms with Gasteiger partial charge in [-0.3, -0.25) is 0 Å². The fourth-order valence-corrected chi connectivity index (χ4v) is 3.99. The van der Waals surface area contributed by atoms with Crippen LogP contribution in [-0.2, 0) is 11.3 Å². The van der Waals surface area contributed by atoms with Gasteiger partial charge in [0.1, 0.15) is 54.9 Å². The maximum atomic E-state index is 9.55. The molecule has 0 unspecified atom stereocenters. The summed E-state index contributed by atoms with van der Waals surface area (Å²) >= 11 is 0. The van der Waals surface area contributed by atoms with Gasteiger partial charge < -0.3 is 14.7 Å². The average Bonchev–Trinajstić information content (AvgIpc) is 3.26. The Labute approximate surface area is 157 Å². The fraction of sp³-hybridized carbons (Fsp3) is 0.286. The number of hydrogen-bond donors (Lipinski definition) is 3. The van der Waals surface area contributed by atoms with Crippen LogP contribution in [0.3, 0.4) is 0 Å². The van der Waals surface area contributed by atoms with Crippen molar-refractivity contribution in [2.45, 2.75) is 6.54 Å². The first-order chi connectivity index (χ1) is 13.3. The zero-order valence-electron chi connectivity index (χ0n) is 15.2.